The number of benzene rings is 2. The number of nitrogens with zero attached hydrogens (tertiary/aromatic N) is 2. The van der Waals surface area contributed by atoms with Crippen molar-refractivity contribution in [2.45, 2.75) is 25.9 Å². The SMILES string of the molecule is CCOc1ccc2nc(N(CC3CCCO3)C(=O)c3ccc(Cl)cc3Cl)sc2c1. The first-order valence-electron chi connectivity index (χ1n) is 9.47. The summed E-state index contributed by atoms with van der Waals surface area (Å²) in [4.78, 5) is 19.8. The Hall–Kier alpha value is -1.86. The van der Waals surface area contributed by atoms with Crippen LogP contribution in [0.3, 0.4) is 0 Å². The fourth-order valence-electron chi connectivity index (χ4n) is 3.31. The van der Waals surface area contributed by atoms with Gasteiger partial charge in [0, 0.05) is 11.6 Å². The Morgan fingerprint density at radius 3 is 2.90 bits per heavy atom. The zero-order chi connectivity index (χ0) is 20.4. The maximum absolute atomic E-state index is 13.4. The molecule has 0 saturated carbocycles. The largest absolute Gasteiger partial charge is 0.494 e. The lowest BCUT2D eigenvalue weighted by Crippen LogP contribution is -2.37. The van der Waals surface area contributed by atoms with E-state index in [1.54, 1.807) is 23.1 Å². The number of thiazole rings is 1. The number of hydrogen-bond donors (Lipinski definition) is 0. The van der Waals surface area contributed by atoms with Gasteiger partial charge < -0.3 is 9.47 Å². The lowest BCUT2D eigenvalue weighted by atomic mass is 10.1. The number of halogens is 2. The third-order valence-electron chi connectivity index (χ3n) is 4.71. The minimum absolute atomic E-state index is 0.0176. The van der Waals surface area contributed by atoms with Gasteiger partial charge >= 0.3 is 0 Å². The van der Waals surface area contributed by atoms with Crippen LogP contribution in [0.2, 0.25) is 10.0 Å². The van der Waals surface area contributed by atoms with Crippen LogP contribution in [-0.2, 0) is 4.74 Å². The van der Waals surface area contributed by atoms with Crippen LogP contribution in [0.4, 0.5) is 5.13 Å². The number of amides is 1. The number of hydrogen-bond acceptors (Lipinski definition) is 5. The van der Waals surface area contributed by atoms with Gasteiger partial charge in [-0.15, -0.1) is 0 Å². The fourth-order valence-corrected chi connectivity index (χ4v) is 4.80. The highest BCUT2D eigenvalue weighted by molar-refractivity contribution is 7.22. The molecule has 1 atom stereocenters. The summed E-state index contributed by atoms with van der Waals surface area (Å²) in [5, 5.41) is 1.42. The highest BCUT2D eigenvalue weighted by atomic mass is 35.5. The zero-order valence-corrected chi connectivity index (χ0v) is 18.2. The van der Waals surface area contributed by atoms with Crippen molar-refractivity contribution in [1.29, 1.82) is 0 Å². The van der Waals surface area contributed by atoms with E-state index < -0.39 is 0 Å². The molecule has 0 bridgehead atoms. The summed E-state index contributed by atoms with van der Waals surface area (Å²) in [7, 11) is 0. The van der Waals surface area contributed by atoms with Gasteiger partial charge in [-0.2, -0.15) is 0 Å². The van der Waals surface area contributed by atoms with Crippen molar-refractivity contribution in [3.05, 3.63) is 52.0 Å². The number of carbonyl (C=O) groups excluding carboxylic acids is 1. The number of anilines is 1. The van der Waals surface area contributed by atoms with Gasteiger partial charge in [0.25, 0.3) is 5.91 Å². The van der Waals surface area contributed by atoms with E-state index in [0.29, 0.717) is 40.5 Å². The fraction of sp³-hybridized carbons (Fsp3) is 0.333. The Kier molecular flexibility index (Phi) is 6.25. The number of fused-ring (bicyclic) bond motifs is 1. The first kappa shape index (κ1) is 20.4. The molecule has 1 aliphatic rings. The summed E-state index contributed by atoms with van der Waals surface area (Å²) >= 11 is 13.8. The second kappa shape index (κ2) is 8.88. The predicted molar refractivity (Wildman–Crippen MR) is 118 cm³/mol. The highest BCUT2D eigenvalue weighted by Crippen LogP contribution is 2.34. The average Bonchev–Trinajstić information content (AvgIpc) is 3.35. The summed E-state index contributed by atoms with van der Waals surface area (Å²) in [5.74, 6) is 0.569. The van der Waals surface area contributed by atoms with Crippen molar-refractivity contribution in [1.82, 2.24) is 4.98 Å². The van der Waals surface area contributed by atoms with Crippen LogP contribution < -0.4 is 9.64 Å². The van der Waals surface area contributed by atoms with E-state index in [-0.39, 0.29) is 12.0 Å². The molecule has 0 spiro atoms. The van der Waals surface area contributed by atoms with Crippen molar-refractivity contribution in [3.63, 3.8) is 0 Å². The molecule has 3 aromatic rings. The maximum atomic E-state index is 13.4. The Bertz CT molecular complexity index is 1030. The van der Waals surface area contributed by atoms with Crippen LogP contribution in [-0.4, -0.2) is 36.8 Å². The number of rotatable bonds is 6. The molecule has 4 rings (SSSR count). The van der Waals surface area contributed by atoms with Crippen LogP contribution in [0, 0.1) is 0 Å². The van der Waals surface area contributed by atoms with Crippen molar-refractivity contribution >= 4 is 55.8 Å². The molecule has 0 aliphatic carbocycles. The van der Waals surface area contributed by atoms with Crippen molar-refractivity contribution in [2.24, 2.45) is 0 Å². The van der Waals surface area contributed by atoms with Gasteiger partial charge in [-0.3, -0.25) is 9.69 Å². The van der Waals surface area contributed by atoms with E-state index in [4.69, 9.17) is 37.7 Å². The van der Waals surface area contributed by atoms with E-state index in [1.165, 1.54) is 11.3 Å². The Labute approximate surface area is 183 Å². The monoisotopic (exact) mass is 450 g/mol. The van der Waals surface area contributed by atoms with E-state index in [1.807, 2.05) is 25.1 Å². The minimum Gasteiger partial charge on any atom is -0.494 e. The summed E-state index contributed by atoms with van der Waals surface area (Å²) < 4.78 is 12.3. The first-order chi connectivity index (χ1) is 14.0. The Morgan fingerprint density at radius 1 is 1.31 bits per heavy atom. The Balaban J connectivity index is 1.71. The van der Waals surface area contributed by atoms with Gasteiger partial charge in [0.15, 0.2) is 5.13 Å². The van der Waals surface area contributed by atoms with E-state index in [2.05, 4.69) is 0 Å². The third kappa shape index (κ3) is 4.51. The second-order valence-electron chi connectivity index (χ2n) is 6.73. The molecule has 1 fully saturated rings. The Morgan fingerprint density at radius 2 is 2.17 bits per heavy atom. The first-order valence-corrected chi connectivity index (χ1v) is 11.0. The molecule has 2 aromatic carbocycles. The summed E-state index contributed by atoms with van der Waals surface area (Å²) in [6.07, 6.45) is 1.89. The molecule has 0 radical (unpaired) electrons. The number of ether oxygens (including phenoxy) is 2. The van der Waals surface area contributed by atoms with Crippen molar-refractivity contribution < 1.29 is 14.3 Å². The molecule has 1 unspecified atom stereocenters. The smallest absolute Gasteiger partial charge is 0.261 e. The normalized spacial score (nSPS) is 16.3. The van der Waals surface area contributed by atoms with Crippen LogP contribution >= 0.6 is 34.5 Å². The molecule has 152 valence electrons. The highest BCUT2D eigenvalue weighted by Gasteiger charge is 2.28. The molecule has 1 aliphatic heterocycles. The average molecular weight is 451 g/mol. The van der Waals surface area contributed by atoms with Gasteiger partial charge in [0.1, 0.15) is 5.75 Å². The molecule has 8 heteroatoms. The van der Waals surface area contributed by atoms with Gasteiger partial charge in [0.05, 0.1) is 40.1 Å². The van der Waals surface area contributed by atoms with Gasteiger partial charge in [-0.1, -0.05) is 34.5 Å². The van der Waals surface area contributed by atoms with E-state index in [0.717, 1.165) is 28.8 Å². The third-order valence-corrected chi connectivity index (χ3v) is 6.30. The molecule has 1 aromatic heterocycles. The molecule has 2 heterocycles. The minimum atomic E-state index is -0.216. The molecule has 1 amide bonds. The van der Waals surface area contributed by atoms with Crippen LogP contribution in [0.25, 0.3) is 10.2 Å². The second-order valence-corrected chi connectivity index (χ2v) is 8.59. The van der Waals surface area contributed by atoms with E-state index in [9.17, 15) is 4.79 Å². The summed E-state index contributed by atoms with van der Waals surface area (Å²) in [6, 6.07) is 10.6. The molecule has 0 N–H and O–H groups in total. The molecular formula is C21H20Cl2N2O3S. The number of carbonyl (C=O) groups is 1. The molecular weight excluding hydrogens is 431 g/mol. The number of aromatic nitrogens is 1. The summed E-state index contributed by atoms with van der Waals surface area (Å²) in [6.45, 7) is 3.68. The molecule has 1 saturated heterocycles. The van der Waals surface area contributed by atoms with Gasteiger partial charge in [-0.25, -0.2) is 4.98 Å². The zero-order valence-electron chi connectivity index (χ0n) is 15.9. The van der Waals surface area contributed by atoms with E-state index >= 15 is 0 Å². The molecule has 29 heavy (non-hydrogen) atoms. The van der Waals surface area contributed by atoms with Crippen LogP contribution in [0.5, 0.6) is 5.75 Å². The lowest BCUT2D eigenvalue weighted by Gasteiger charge is -2.23. The quantitative estimate of drug-likeness (QED) is 0.474. The predicted octanol–water partition coefficient (Wildman–Crippen LogP) is 5.83. The van der Waals surface area contributed by atoms with Crippen LogP contribution in [0.1, 0.15) is 30.1 Å². The standard InChI is InChI=1S/C21H20Cl2N2O3S/c1-2-27-14-6-8-18-19(11-14)29-21(24-18)25(12-15-4-3-9-28-15)20(26)16-7-5-13(22)10-17(16)23/h5-8,10-11,15H,2-4,9,12H2,1H3. The summed E-state index contributed by atoms with van der Waals surface area (Å²) in [5.41, 5.74) is 1.21. The van der Waals surface area contributed by atoms with Crippen LogP contribution in [0.15, 0.2) is 36.4 Å². The maximum Gasteiger partial charge on any atom is 0.261 e. The van der Waals surface area contributed by atoms with Gasteiger partial charge in [-0.05, 0) is 56.2 Å². The lowest BCUT2D eigenvalue weighted by molar-refractivity contribution is 0.0917. The van der Waals surface area contributed by atoms with Crippen molar-refractivity contribution in [2.75, 3.05) is 24.7 Å². The topological polar surface area (TPSA) is 51.7 Å². The van der Waals surface area contributed by atoms with Crippen molar-refractivity contribution in [3.8, 4) is 5.75 Å². The molecule has 5 nitrogen and oxygen atoms in total. The van der Waals surface area contributed by atoms with Gasteiger partial charge in [0.2, 0.25) is 0 Å².